The average Bonchev–Trinajstić information content (AvgIpc) is 3.23. The highest BCUT2D eigenvalue weighted by molar-refractivity contribution is 7.09. The van der Waals surface area contributed by atoms with Gasteiger partial charge in [0.2, 0.25) is 0 Å². The summed E-state index contributed by atoms with van der Waals surface area (Å²) in [5.74, 6) is 0. The van der Waals surface area contributed by atoms with E-state index < -0.39 is 0 Å². The van der Waals surface area contributed by atoms with Crippen LogP contribution in [0, 0.1) is 0 Å². The van der Waals surface area contributed by atoms with Gasteiger partial charge >= 0.3 is 0 Å². The fourth-order valence-electron chi connectivity index (χ4n) is 3.03. The monoisotopic (exact) mass is 340 g/mol. The fraction of sp³-hybridized carbons (Fsp3) is 0.333. The third kappa shape index (κ3) is 3.72. The molecule has 5 nitrogen and oxygen atoms in total. The Morgan fingerprint density at radius 1 is 1.12 bits per heavy atom. The normalized spacial score (nSPS) is 18.2. The highest BCUT2D eigenvalue weighted by Gasteiger charge is 2.23. The van der Waals surface area contributed by atoms with Gasteiger partial charge in [0.05, 0.1) is 30.6 Å². The Bertz CT molecular complexity index is 756. The molecule has 1 aliphatic rings. The smallest absolute Gasteiger partial charge is 0.0903 e. The van der Waals surface area contributed by atoms with Crippen LogP contribution in [-0.4, -0.2) is 32.3 Å². The van der Waals surface area contributed by atoms with E-state index >= 15 is 0 Å². The molecular weight excluding hydrogens is 320 g/mol. The molecule has 0 fully saturated rings. The lowest BCUT2D eigenvalue weighted by molar-refractivity contribution is 0.00594. The molecule has 0 bridgehead atoms. The molecule has 0 N–H and O–H groups in total. The van der Waals surface area contributed by atoms with Crippen LogP contribution in [-0.2, 0) is 31.0 Å². The first-order valence-corrected chi connectivity index (χ1v) is 9.02. The molecule has 0 saturated carbocycles. The van der Waals surface area contributed by atoms with E-state index in [1.54, 1.807) is 17.5 Å². The second-order valence-electron chi connectivity index (χ2n) is 6.01. The Kier molecular flexibility index (Phi) is 4.69. The van der Waals surface area contributed by atoms with E-state index in [0.29, 0.717) is 6.61 Å². The molecular formula is C18H20N4OS. The molecule has 0 saturated heterocycles. The topological polar surface area (TPSA) is 43.2 Å². The van der Waals surface area contributed by atoms with E-state index in [9.17, 15) is 0 Å². The van der Waals surface area contributed by atoms with E-state index in [4.69, 9.17) is 4.74 Å². The summed E-state index contributed by atoms with van der Waals surface area (Å²) < 4.78 is 8.23. The molecule has 0 aromatic carbocycles. The number of hydrogen-bond donors (Lipinski definition) is 0. The molecule has 0 spiro atoms. The summed E-state index contributed by atoms with van der Waals surface area (Å²) in [5.41, 5.74) is 2.21. The molecule has 1 aliphatic heterocycles. The first kappa shape index (κ1) is 15.5. The summed E-state index contributed by atoms with van der Waals surface area (Å²) in [6.45, 7) is 4.08. The first-order valence-electron chi connectivity index (χ1n) is 8.14. The molecule has 0 radical (unpaired) electrons. The minimum Gasteiger partial charge on any atom is -0.369 e. The molecule has 124 valence electrons. The number of fused-ring (bicyclic) bond motifs is 1. The Hall–Kier alpha value is -2.02. The molecule has 6 heteroatoms. The van der Waals surface area contributed by atoms with Crippen LogP contribution in [0.1, 0.15) is 16.3 Å². The summed E-state index contributed by atoms with van der Waals surface area (Å²) in [5, 5.41) is 6.58. The van der Waals surface area contributed by atoms with Gasteiger partial charge in [-0.25, -0.2) is 0 Å². The minimum atomic E-state index is 0.105. The van der Waals surface area contributed by atoms with Crippen molar-refractivity contribution >= 4 is 11.3 Å². The van der Waals surface area contributed by atoms with Crippen LogP contribution in [0.3, 0.4) is 0 Å². The van der Waals surface area contributed by atoms with E-state index in [2.05, 4.69) is 43.2 Å². The first-order chi connectivity index (χ1) is 11.9. The van der Waals surface area contributed by atoms with Gasteiger partial charge in [0.1, 0.15) is 0 Å². The largest absolute Gasteiger partial charge is 0.369 e. The number of aromatic nitrogens is 3. The van der Waals surface area contributed by atoms with E-state index in [0.717, 1.165) is 31.9 Å². The number of ether oxygens (including phenoxy) is 1. The van der Waals surface area contributed by atoms with Crippen LogP contribution in [0.25, 0.3) is 0 Å². The van der Waals surface area contributed by atoms with Crippen LogP contribution < -0.4 is 0 Å². The zero-order valence-electron chi connectivity index (χ0n) is 13.4. The Morgan fingerprint density at radius 2 is 2.12 bits per heavy atom. The van der Waals surface area contributed by atoms with Crippen molar-refractivity contribution < 1.29 is 4.74 Å². The number of hydrogen-bond acceptors (Lipinski definition) is 5. The predicted molar refractivity (Wildman–Crippen MR) is 93.5 cm³/mol. The second kappa shape index (κ2) is 7.25. The van der Waals surface area contributed by atoms with Crippen molar-refractivity contribution in [3.63, 3.8) is 0 Å². The fourth-order valence-corrected chi connectivity index (χ4v) is 3.77. The third-order valence-corrected chi connectivity index (χ3v) is 5.04. The average molecular weight is 340 g/mol. The lowest BCUT2D eigenvalue weighted by Gasteiger charge is -2.23. The van der Waals surface area contributed by atoms with Crippen molar-refractivity contribution in [1.29, 1.82) is 0 Å². The lowest BCUT2D eigenvalue weighted by Crippen LogP contribution is -2.32. The zero-order valence-corrected chi connectivity index (χ0v) is 14.2. The number of rotatable bonds is 5. The van der Waals surface area contributed by atoms with E-state index in [-0.39, 0.29) is 6.10 Å². The Balaban J connectivity index is 1.46. The Morgan fingerprint density at radius 3 is 2.96 bits per heavy atom. The van der Waals surface area contributed by atoms with Gasteiger partial charge < -0.3 is 4.74 Å². The second-order valence-corrected chi connectivity index (χ2v) is 7.04. The summed E-state index contributed by atoms with van der Waals surface area (Å²) in [6, 6.07) is 12.3. The van der Waals surface area contributed by atoms with Crippen molar-refractivity contribution in [2.24, 2.45) is 0 Å². The van der Waals surface area contributed by atoms with Gasteiger partial charge in [0.25, 0.3) is 0 Å². The lowest BCUT2D eigenvalue weighted by atomic mass is 10.3. The maximum Gasteiger partial charge on any atom is 0.0903 e. The van der Waals surface area contributed by atoms with Crippen LogP contribution >= 0.6 is 11.3 Å². The molecule has 1 atom stereocenters. The van der Waals surface area contributed by atoms with Gasteiger partial charge in [-0.15, -0.1) is 11.3 Å². The SMILES string of the molecule is c1ccc(CO[C@H]2CN(Cc3cccs3)Cc3ccnn3C2)nc1. The van der Waals surface area contributed by atoms with E-state index in [1.807, 2.05) is 24.4 Å². The van der Waals surface area contributed by atoms with Gasteiger partial charge in [0, 0.05) is 36.9 Å². The van der Waals surface area contributed by atoms with Crippen LogP contribution in [0.5, 0.6) is 0 Å². The molecule has 4 rings (SSSR count). The Labute approximate surface area is 145 Å². The summed E-state index contributed by atoms with van der Waals surface area (Å²) in [4.78, 5) is 8.16. The summed E-state index contributed by atoms with van der Waals surface area (Å²) in [6.07, 6.45) is 3.79. The number of nitrogens with zero attached hydrogens (tertiary/aromatic N) is 4. The maximum absolute atomic E-state index is 6.16. The summed E-state index contributed by atoms with van der Waals surface area (Å²) >= 11 is 1.80. The van der Waals surface area contributed by atoms with Gasteiger partial charge in [0.15, 0.2) is 0 Å². The van der Waals surface area contributed by atoms with Gasteiger partial charge in [-0.3, -0.25) is 14.6 Å². The minimum absolute atomic E-state index is 0.105. The molecule has 0 amide bonds. The van der Waals surface area contributed by atoms with Crippen molar-refractivity contribution in [2.45, 2.75) is 32.3 Å². The molecule has 0 aliphatic carbocycles. The van der Waals surface area contributed by atoms with Crippen molar-refractivity contribution in [3.8, 4) is 0 Å². The number of pyridine rings is 1. The molecule has 24 heavy (non-hydrogen) atoms. The maximum atomic E-state index is 6.16. The van der Waals surface area contributed by atoms with Crippen molar-refractivity contribution in [1.82, 2.24) is 19.7 Å². The molecule has 3 aromatic heterocycles. The van der Waals surface area contributed by atoms with E-state index in [1.165, 1.54) is 10.6 Å². The molecule has 3 aromatic rings. The molecule has 4 heterocycles. The van der Waals surface area contributed by atoms with Crippen LogP contribution in [0.4, 0.5) is 0 Å². The molecule has 0 unspecified atom stereocenters. The van der Waals surface area contributed by atoms with Crippen molar-refractivity contribution in [2.75, 3.05) is 6.54 Å². The van der Waals surface area contributed by atoms with Crippen molar-refractivity contribution in [3.05, 3.63) is 70.4 Å². The quantitative estimate of drug-likeness (QED) is 0.716. The predicted octanol–water partition coefficient (Wildman–Crippen LogP) is 2.94. The van der Waals surface area contributed by atoms with Crippen LogP contribution in [0.15, 0.2) is 54.2 Å². The summed E-state index contributed by atoms with van der Waals surface area (Å²) in [7, 11) is 0. The number of thiophene rings is 1. The van der Waals surface area contributed by atoms with Gasteiger partial charge in [-0.05, 0) is 29.6 Å². The van der Waals surface area contributed by atoms with Gasteiger partial charge in [-0.2, -0.15) is 5.10 Å². The highest BCUT2D eigenvalue weighted by Crippen LogP contribution is 2.19. The van der Waals surface area contributed by atoms with Gasteiger partial charge in [-0.1, -0.05) is 12.1 Å². The van der Waals surface area contributed by atoms with Crippen LogP contribution in [0.2, 0.25) is 0 Å². The highest BCUT2D eigenvalue weighted by atomic mass is 32.1. The zero-order chi connectivity index (χ0) is 16.2. The third-order valence-electron chi connectivity index (χ3n) is 4.18. The standard InChI is InChI=1S/C18H20N4OS/c1-2-7-19-15(4-1)14-23-17-11-21(13-18-5-3-9-24-18)10-16-6-8-20-22(16)12-17/h1-9,17H,10-14H2/t17-/m0/s1.